The molecular formula is C21H24FN7O2. The van der Waals surface area contributed by atoms with Crippen molar-refractivity contribution in [2.24, 2.45) is 11.8 Å². The first kappa shape index (κ1) is 19.7. The highest BCUT2D eigenvalue weighted by molar-refractivity contribution is 6.05. The molecular weight excluding hydrogens is 401 g/mol. The molecule has 2 N–H and O–H groups in total. The fourth-order valence-electron chi connectivity index (χ4n) is 3.98. The molecule has 0 spiro atoms. The minimum absolute atomic E-state index is 0.202. The number of halogens is 1. The Morgan fingerprint density at radius 3 is 2.81 bits per heavy atom. The molecule has 2 aliphatic rings. The van der Waals surface area contributed by atoms with Crippen LogP contribution in [0.3, 0.4) is 0 Å². The number of anilines is 2. The number of carbonyl (C=O) groups is 1. The van der Waals surface area contributed by atoms with E-state index in [-0.39, 0.29) is 17.1 Å². The molecule has 10 heteroatoms. The van der Waals surface area contributed by atoms with Crippen LogP contribution in [0.2, 0.25) is 0 Å². The summed E-state index contributed by atoms with van der Waals surface area (Å²) in [6.07, 6.45) is 4.77. The van der Waals surface area contributed by atoms with Crippen molar-refractivity contribution in [2.75, 3.05) is 43.0 Å². The van der Waals surface area contributed by atoms with Gasteiger partial charge in [-0.05, 0) is 38.8 Å². The number of rotatable bonds is 6. The number of ether oxygens (including phenoxy) is 1. The van der Waals surface area contributed by atoms with Crippen LogP contribution in [0.25, 0.3) is 5.65 Å². The van der Waals surface area contributed by atoms with Crippen LogP contribution in [-0.4, -0.2) is 58.0 Å². The molecule has 2 aliphatic heterocycles. The second-order valence-corrected chi connectivity index (χ2v) is 8.05. The lowest BCUT2D eigenvalue weighted by atomic mass is 9.82. The van der Waals surface area contributed by atoms with Crippen LogP contribution in [0.5, 0.6) is 5.88 Å². The van der Waals surface area contributed by atoms with Gasteiger partial charge >= 0.3 is 0 Å². The zero-order valence-electron chi connectivity index (χ0n) is 17.4. The molecule has 0 radical (unpaired) electrons. The highest BCUT2D eigenvalue weighted by Crippen LogP contribution is 2.30. The quantitative estimate of drug-likeness (QED) is 0.622. The van der Waals surface area contributed by atoms with Crippen molar-refractivity contribution in [1.82, 2.24) is 24.7 Å². The van der Waals surface area contributed by atoms with Gasteiger partial charge in [0, 0.05) is 37.7 Å². The molecule has 0 aliphatic carbocycles. The summed E-state index contributed by atoms with van der Waals surface area (Å²) in [6, 6.07) is 1.24. The minimum Gasteiger partial charge on any atom is -0.477 e. The first-order valence-electron chi connectivity index (χ1n) is 10.4. The molecule has 1 amide bonds. The maximum absolute atomic E-state index is 14.3. The Bertz CT molecular complexity index is 1140. The Morgan fingerprint density at radius 2 is 2.10 bits per heavy atom. The van der Waals surface area contributed by atoms with Crippen LogP contribution in [-0.2, 0) is 0 Å². The smallest absolute Gasteiger partial charge is 0.262 e. The van der Waals surface area contributed by atoms with Crippen LogP contribution < -0.4 is 20.3 Å². The Hall–Kier alpha value is -3.27. The monoisotopic (exact) mass is 425 g/mol. The van der Waals surface area contributed by atoms with Crippen molar-refractivity contribution < 1.29 is 13.9 Å². The molecule has 3 aromatic rings. The van der Waals surface area contributed by atoms with Crippen LogP contribution >= 0.6 is 0 Å². The number of amides is 1. The molecule has 2 saturated heterocycles. The first-order valence-corrected chi connectivity index (χ1v) is 10.4. The number of fused-ring (bicyclic) bond motifs is 1. The Labute approximate surface area is 178 Å². The SMILES string of the molecule is CCOc1nc(N2CC(C3CNC3)C2)ncc1C(=O)Nc1cc(F)c2nc(C)cn2c1. The first-order chi connectivity index (χ1) is 15.0. The number of pyridine rings is 1. The van der Waals surface area contributed by atoms with Gasteiger partial charge in [-0.15, -0.1) is 0 Å². The molecule has 0 aromatic carbocycles. The number of aryl methyl sites for hydroxylation is 1. The molecule has 3 aromatic heterocycles. The maximum Gasteiger partial charge on any atom is 0.262 e. The average Bonchev–Trinajstić information content (AvgIpc) is 3.03. The Morgan fingerprint density at radius 1 is 1.29 bits per heavy atom. The number of hydrogen-bond acceptors (Lipinski definition) is 7. The summed E-state index contributed by atoms with van der Waals surface area (Å²) in [5, 5.41) is 6.01. The van der Waals surface area contributed by atoms with Crippen molar-refractivity contribution in [3.8, 4) is 5.88 Å². The highest BCUT2D eigenvalue weighted by atomic mass is 19.1. The Balaban J connectivity index is 1.34. The number of aromatic nitrogens is 4. The van der Waals surface area contributed by atoms with Gasteiger partial charge < -0.3 is 24.7 Å². The van der Waals surface area contributed by atoms with Gasteiger partial charge in [0.1, 0.15) is 5.56 Å². The van der Waals surface area contributed by atoms with Crippen LogP contribution in [0, 0.1) is 24.6 Å². The van der Waals surface area contributed by atoms with E-state index in [9.17, 15) is 9.18 Å². The zero-order valence-corrected chi connectivity index (χ0v) is 17.4. The lowest BCUT2D eigenvalue weighted by Crippen LogP contribution is -2.58. The van der Waals surface area contributed by atoms with Crippen molar-refractivity contribution in [3.05, 3.63) is 41.7 Å². The number of imidazole rings is 1. The molecule has 31 heavy (non-hydrogen) atoms. The van der Waals surface area contributed by atoms with Gasteiger partial charge in [-0.25, -0.2) is 14.4 Å². The van der Waals surface area contributed by atoms with Gasteiger partial charge in [-0.1, -0.05) is 0 Å². The predicted octanol–water partition coefficient (Wildman–Crippen LogP) is 1.88. The third-order valence-electron chi connectivity index (χ3n) is 5.82. The van der Waals surface area contributed by atoms with Gasteiger partial charge in [0.2, 0.25) is 11.8 Å². The van der Waals surface area contributed by atoms with E-state index in [1.54, 1.807) is 23.7 Å². The molecule has 162 valence electrons. The van der Waals surface area contributed by atoms with Gasteiger partial charge in [-0.3, -0.25) is 4.79 Å². The summed E-state index contributed by atoms with van der Waals surface area (Å²) in [5.74, 6) is 1.18. The predicted molar refractivity (Wildman–Crippen MR) is 113 cm³/mol. The second-order valence-electron chi connectivity index (χ2n) is 8.05. The molecule has 9 nitrogen and oxygen atoms in total. The average molecular weight is 425 g/mol. The summed E-state index contributed by atoms with van der Waals surface area (Å²) < 4.78 is 21.5. The molecule has 2 fully saturated rings. The lowest BCUT2D eigenvalue weighted by Gasteiger charge is -2.46. The number of hydrogen-bond donors (Lipinski definition) is 2. The maximum atomic E-state index is 14.3. The molecule has 0 bridgehead atoms. The van der Waals surface area contributed by atoms with Gasteiger partial charge in [0.15, 0.2) is 11.5 Å². The second kappa shape index (κ2) is 7.77. The van der Waals surface area contributed by atoms with Crippen LogP contribution in [0.15, 0.2) is 24.7 Å². The topological polar surface area (TPSA) is 96.7 Å². The van der Waals surface area contributed by atoms with E-state index >= 15 is 0 Å². The van der Waals surface area contributed by atoms with Crippen molar-refractivity contribution in [1.29, 1.82) is 0 Å². The fraction of sp³-hybridized carbons (Fsp3) is 0.429. The summed E-state index contributed by atoms with van der Waals surface area (Å²) in [7, 11) is 0. The molecule has 5 heterocycles. The molecule has 0 saturated carbocycles. The van der Waals surface area contributed by atoms with Gasteiger partial charge in [0.25, 0.3) is 5.91 Å². The van der Waals surface area contributed by atoms with E-state index in [1.807, 2.05) is 6.92 Å². The highest BCUT2D eigenvalue weighted by Gasteiger charge is 2.37. The van der Waals surface area contributed by atoms with E-state index in [4.69, 9.17) is 4.74 Å². The summed E-state index contributed by atoms with van der Waals surface area (Å²) in [6.45, 7) is 7.95. The van der Waals surface area contributed by atoms with Crippen LogP contribution in [0.4, 0.5) is 16.0 Å². The molecule has 5 rings (SSSR count). The molecule has 0 unspecified atom stereocenters. The van der Waals surface area contributed by atoms with Crippen molar-refractivity contribution in [2.45, 2.75) is 13.8 Å². The summed E-state index contributed by atoms with van der Waals surface area (Å²) in [5.41, 5.74) is 1.40. The third-order valence-corrected chi connectivity index (χ3v) is 5.82. The van der Waals surface area contributed by atoms with Crippen LogP contribution in [0.1, 0.15) is 23.0 Å². The Kier molecular flexibility index (Phi) is 4.93. The summed E-state index contributed by atoms with van der Waals surface area (Å²) in [4.78, 5) is 28.0. The van der Waals surface area contributed by atoms with E-state index in [2.05, 4.69) is 30.5 Å². The standard InChI is InChI=1S/C21H24FN7O2/c1-3-31-20-16(7-24-21(27-20)29-9-14(10-29)13-5-23-6-13)19(30)26-15-4-17(22)18-25-12(2)8-28(18)11-15/h4,7-8,11,13-14,23H,3,5-6,9-10H2,1-2H3,(H,26,30). The number of carbonyl (C=O) groups excluding carboxylic acids is 1. The van der Waals surface area contributed by atoms with Crippen molar-refractivity contribution in [3.63, 3.8) is 0 Å². The minimum atomic E-state index is -0.517. The largest absolute Gasteiger partial charge is 0.477 e. The van der Waals surface area contributed by atoms with E-state index in [0.29, 0.717) is 29.9 Å². The number of nitrogens with one attached hydrogen (secondary N) is 2. The normalized spacial score (nSPS) is 16.8. The van der Waals surface area contributed by atoms with E-state index < -0.39 is 11.7 Å². The molecule has 0 atom stereocenters. The lowest BCUT2D eigenvalue weighted by molar-refractivity contribution is 0.102. The third kappa shape index (κ3) is 3.67. The van der Waals surface area contributed by atoms with E-state index in [1.165, 1.54) is 12.3 Å². The fourth-order valence-corrected chi connectivity index (χ4v) is 3.98. The van der Waals surface area contributed by atoms with Gasteiger partial charge in [0.05, 0.1) is 18.0 Å². The number of nitrogens with zero attached hydrogens (tertiary/aromatic N) is 5. The van der Waals surface area contributed by atoms with Gasteiger partial charge in [-0.2, -0.15) is 4.98 Å². The van der Waals surface area contributed by atoms with E-state index in [0.717, 1.165) is 32.1 Å². The zero-order chi connectivity index (χ0) is 21.5. The van der Waals surface area contributed by atoms with Crippen molar-refractivity contribution >= 4 is 23.2 Å². The summed E-state index contributed by atoms with van der Waals surface area (Å²) >= 11 is 0.